The van der Waals surface area contributed by atoms with Crippen molar-refractivity contribution >= 4 is 6.09 Å². The molecule has 1 aliphatic rings. The lowest BCUT2D eigenvalue weighted by atomic mass is 10.0. The van der Waals surface area contributed by atoms with E-state index < -0.39 is 17.4 Å². The fraction of sp³-hybridized carbons (Fsp3) is 0.960. The zero-order chi connectivity index (χ0) is 22.8. The Hall–Kier alpha value is -0.810. The minimum atomic E-state index is -0.768. The van der Waals surface area contributed by atoms with Crippen LogP contribution < -0.4 is 0 Å². The Morgan fingerprint density at radius 1 is 1.00 bits per heavy atom. The van der Waals surface area contributed by atoms with Crippen molar-refractivity contribution in [1.29, 1.82) is 0 Å². The Morgan fingerprint density at radius 2 is 1.50 bits per heavy atom. The molecule has 0 unspecified atom stereocenters. The number of carbonyl (C=O) groups excluding carboxylic acids is 1. The average molecular weight is 428 g/mol. The summed E-state index contributed by atoms with van der Waals surface area (Å²) in [6.45, 7) is 13.8. The molecule has 0 radical (unpaired) electrons. The maximum absolute atomic E-state index is 12.7. The van der Waals surface area contributed by atoms with Gasteiger partial charge in [0.1, 0.15) is 11.3 Å². The standard InChI is InChI=1S/C25H49NO4/c1-20(2)17-15-13-11-9-8-10-12-14-16-18-22-21(19-27)26(25(6,7)29-22)23(28)30-24(3,4)5/h20-22,27H,8-19H2,1-7H3/t21-,22-/m1/s1. The summed E-state index contributed by atoms with van der Waals surface area (Å²) >= 11 is 0. The molecule has 5 nitrogen and oxygen atoms in total. The Bertz CT molecular complexity index is 484. The van der Waals surface area contributed by atoms with Crippen LogP contribution in [0.4, 0.5) is 4.79 Å². The maximum atomic E-state index is 12.7. The molecule has 0 aromatic carbocycles. The van der Waals surface area contributed by atoms with E-state index in [-0.39, 0.29) is 18.8 Å². The molecule has 0 saturated carbocycles. The summed E-state index contributed by atoms with van der Waals surface area (Å²) < 4.78 is 11.7. The number of unbranched alkanes of at least 4 members (excludes halogenated alkanes) is 8. The molecule has 1 fully saturated rings. The van der Waals surface area contributed by atoms with Crippen molar-refractivity contribution in [2.45, 2.75) is 143 Å². The van der Waals surface area contributed by atoms with Crippen molar-refractivity contribution < 1.29 is 19.4 Å². The van der Waals surface area contributed by atoms with E-state index in [0.717, 1.165) is 18.8 Å². The van der Waals surface area contributed by atoms with Crippen LogP contribution in [0.25, 0.3) is 0 Å². The molecule has 5 heteroatoms. The van der Waals surface area contributed by atoms with Gasteiger partial charge in [0.25, 0.3) is 0 Å². The number of carbonyl (C=O) groups is 1. The lowest BCUT2D eigenvalue weighted by Gasteiger charge is -2.34. The molecule has 1 amide bonds. The van der Waals surface area contributed by atoms with Crippen LogP contribution in [0, 0.1) is 5.92 Å². The van der Waals surface area contributed by atoms with Gasteiger partial charge >= 0.3 is 6.09 Å². The number of aliphatic hydroxyl groups excluding tert-OH is 1. The number of hydrogen-bond donors (Lipinski definition) is 1. The van der Waals surface area contributed by atoms with Crippen LogP contribution >= 0.6 is 0 Å². The zero-order valence-corrected chi connectivity index (χ0v) is 20.8. The largest absolute Gasteiger partial charge is 0.444 e. The van der Waals surface area contributed by atoms with E-state index >= 15 is 0 Å². The minimum Gasteiger partial charge on any atom is -0.444 e. The van der Waals surface area contributed by atoms with Crippen molar-refractivity contribution in [3.63, 3.8) is 0 Å². The summed E-state index contributed by atoms with van der Waals surface area (Å²) in [7, 11) is 0. The second-order valence-corrected chi connectivity index (χ2v) is 10.9. The lowest BCUT2D eigenvalue weighted by molar-refractivity contribution is -0.0804. The van der Waals surface area contributed by atoms with E-state index in [1.54, 1.807) is 4.90 Å². The molecule has 0 aromatic heterocycles. The molecule has 0 spiro atoms. The Balaban J connectivity index is 2.28. The van der Waals surface area contributed by atoms with Crippen LogP contribution in [0.1, 0.15) is 119 Å². The van der Waals surface area contributed by atoms with Crippen molar-refractivity contribution in [2.75, 3.05) is 6.61 Å². The van der Waals surface area contributed by atoms with Crippen LogP contribution in [-0.4, -0.2) is 46.2 Å². The van der Waals surface area contributed by atoms with Gasteiger partial charge in [0.2, 0.25) is 0 Å². The molecule has 1 aliphatic heterocycles. The highest BCUT2D eigenvalue weighted by molar-refractivity contribution is 5.70. The van der Waals surface area contributed by atoms with Crippen LogP contribution in [0.5, 0.6) is 0 Å². The van der Waals surface area contributed by atoms with Crippen molar-refractivity contribution in [3.05, 3.63) is 0 Å². The van der Waals surface area contributed by atoms with E-state index in [0.29, 0.717) is 0 Å². The monoisotopic (exact) mass is 427 g/mol. The summed E-state index contributed by atoms with van der Waals surface area (Å²) in [5, 5.41) is 9.95. The normalized spacial score (nSPS) is 21.4. The number of nitrogens with zero attached hydrogens (tertiary/aromatic N) is 1. The molecule has 1 N–H and O–H groups in total. The highest BCUT2D eigenvalue weighted by Crippen LogP contribution is 2.35. The Labute approximate surface area is 185 Å². The first-order valence-electron chi connectivity index (χ1n) is 12.3. The first-order valence-corrected chi connectivity index (χ1v) is 12.3. The van der Waals surface area contributed by atoms with Gasteiger partial charge in [-0.05, 0) is 47.0 Å². The number of aliphatic hydroxyl groups is 1. The van der Waals surface area contributed by atoms with Gasteiger partial charge in [-0.15, -0.1) is 0 Å². The van der Waals surface area contributed by atoms with Gasteiger partial charge in [-0.1, -0.05) is 78.1 Å². The third kappa shape index (κ3) is 10.00. The van der Waals surface area contributed by atoms with Gasteiger partial charge in [-0.2, -0.15) is 0 Å². The fourth-order valence-corrected chi connectivity index (χ4v) is 4.32. The van der Waals surface area contributed by atoms with Gasteiger partial charge in [-0.25, -0.2) is 4.79 Å². The van der Waals surface area contributed by atoms with Gasteiger partial charge in [0.15, 0.2) is 0 Å². The molecular formula is C25H49NO4. The fourth-order valence-electron chi connectivity index (χ4n) is 4.32. The number of hydrogen-bond acceptors (Lipinski definition) is 4. The van der Waals surface area contributed by atoms with Gasteiger partial charge in [0, 0.05) is 0 Å². The summed E-state index contributed by atoms with van der Waals surface area (Å²) in [6.07, 6.45) is 13.3. The van der Waals surface area contributed by atoms with Crippen molar-refractivity contribution in [2.24, 2.45) is 5.92 Å². The molecule has 30 heavy (non-hydrogen) atoms. The molecule has 1 rings (SSSR count). The number of rotatable bonds is 13. The first kappa shape index (κ1) is 27.2. The second kappa shape index (κ2) is 12.9. The summed E-state index contributed by atoms with van der Waals surface area (Å²) in [6, 6.07) is -0.347. The predicted molar refractivity (Wildman–Crippen MR) is 124 cm³/mol. The van der Waals surface area contributed by atoms with Crippen molar-refractivity contribution in [1.82, 2.24) is 4.90 Å². The first-order chi connectivity index (χ1) is 14.0. The van der Waals surface area contributed by atoms with Crippen LogP contribution in [0.3, 0.4) is 0 Å². The minimum absolute atomic E-state index is 0.107. The Kier molecular flexibility index (Phi) is 11.7. The Morgan fingerprint density at radius 3 is 1.97 bits per heavy atom. The highest BCUT2D eigenvalue weighted by atomic mass is 16.6. The molecule has 1 heterocycles. The summed E-state index contributed by atoms with van der Waals surface area (Å²) in [5.41, 5.74) is -1.34. The predicted octanol–water partition coefficient (Wildman–Crippen LogP) is 6.67. The molecular weight excluding hydrogens is 378 g/mol. The maximum Gasteiger partial charge on any atom is 0.412 e. The molecule has 0 aromatic rings. The second-order valence-electron chi connectivity index (χ2n) is 10.9. The number of amides is 1. The average Bonchev–Trinajstić information content (AvgIpc) is 2.87. The molecule has 178 valence electrons. The van der Waals surface area contributed by atoms with E-state index in [1.165, 1.54) is 57.8 Å². The highest BCUT2D eigenvalue weighted by Gasteiger charge is 2.50. The van der Waals surface area contributed by atoms with Crippen LogP contribution in [0.2, 0.25) is 0 Å². The van der Waals surface area contributed by atoms with E-state index in [9.17, 15) is 9.90 Å². The SMILES string of the molecule is CC(C)CCCCCCCCCCC[C@H]1OC(C)(C)N(C(=O)OC(C)(C)C)[C@@H]1CO. The third-order valence-electron chi connectivity index (χ3n) is 5.83. The van der Waals surface area contributed by atoms with E-state index in [4.69, 9.17) is 9.47 Å². The molecule has 0 aliphatic carbocycles. The van der Waals surface area contributed by atoms with Crippen molar-refractivity contribution in [3.8, 4) is 0 Å². The quantitative estimate of drug-likeness (QED) is 0.334. The molecule has 2 atom stereocenters. The van der Waals surface area contributed by atoms with Gasteiger partial charge in [-0.3, -0.25) is 4.90 Å². The van der Waals surface area contributed by atoms with Gasteiger partial charge < -0.3 is 14.6 Å². The summed E-state index contributed by atoms with van der Waals surface area (Å²) in [5.74, 6) is 0.834. The number of ether oxygens (including phenoxy) is 2. The van der Waals surface area contributed by atoms with E-state index in [1.807, 2.05) is 34.6 Å². The lowest BCUT2D eigenvalue weighted by Crippen LogP contribution is -2.51. The van der Waals surface area contributed by atoms with Crippen LogP contribution in [-0.2, 0) is 9.47 Å². The molecule has 0 bridgehead atoms. The summed E-state index contributed by atoms with van der Waals surface area (Å²) in [4.78, 5) is 14.3. The third-order valence-corrected chi connectivity index (χ3v) is 5.83. The molecule has 1 saturated heterocycles. The van der Waals surface area contributed by atoms with Crippen LogP contribution in [0.15, 0.2) is 0 Å². The van der Waals surface area contributed by atoms with Gasteiger partial charge in [0.05, 0.1) is 18.8 Å². The zero-order valence-electron chi connectivity index (χ0n) is 20.8. The topological polar surface area (TPSA) is 59.0 Å². The van der Waals surface area contributed by atoms with E-state index in [2.05, 4.69) is 13.8 Å². The smallest absolute Gasteiger partial charge is 0.412 e.